The molecule has 1 heterocycles. The van der Waals surface area contributed by atoms with Crippen LogP contribution in [0.25, 0.3) is 0 Å². The number of hydrogen-bond donors (Lipinski definition) is 1. The van der Waals surface area contributed by atoms with Crippen molar-refractivity contribution in [3.8, 4) is 0 Å². The number of nitrogens with one attached hydrogen (secondary N) is 1. The van der Waals surface area contributed by atoms with Gasteiger partial charge in [-0.1, -0.05) is 20.1 Å². The average Bonchev–Trinajstić information content (AvgIpc) is 2.43. The lowest BCUT2D eigenvalue weighted by molar-refractivity contribution is -0.120. The molecule has 0 unspecified atom stereocenters. The zero-order valence-corrected chi connectivity index (χ0v) is 11.7. The first kappa shape index (κ1) is 15.6. The molecule has 0 spiro atoms. The van der Waals surface area contributed by atoms with Gasteiger partial charge in [0.05, 0.1) is 12.7 Å². The molecule has 1 saturated heterocycles. The third-order valence-corrected chi connectivity index (χ3v) is 3.41. The molecule has 0 amide bonds. The van der Waals surface area contributed by atoms with Gasteiger partial charge < -0.3 is 10.1 Å². The van der Waals surface area contributed by atoms with Crippen LogP contribution in [0, 0.1) is 5.92 Å². The van der Waals surface area contributed by atoms with E-state index < -0.39 is 5.83 Å². The molecular weight excluding hydrogens is 245 g/mol. The summed E-state index contributed by atoms with van der Waals surface area (Å²) in [6, 6.07) is 0. The minimum Gasteiger partial charge on any atom is -0.496 e. The van der Waals surface area contributed by atoms with Crippen molar-refractivity contribution in [2.45, 2.75) is 26.2 Å². The van der Waals surface area contributed by atoms with E-state index in [0.717, 1.165) is 13.1 Å². The summed E-state index contributed by atoms with van der Waals surface area (Å²) >= 11 is 0. The zero-order valence-electron chi connectivity index (χ0n) is 11.7. The third kappa shape index (κ3) is 3.77. The topological polar surface area (TPSA) is 38.3 Å². The van der Waals surface area contributed by atoms with E-state index in [-0.39, 0.29) is 23.0 Å². The van der Waals surface area contributed by atoms with Crippen molar-refractivity contribution in [2.24, 2.45) is 5.92 Å². The zero-order chi connectivity index (χ0) is 14.4. The number of methoxy groups -OCH3 is 1. The fourth-order valence-electron chi connectivity index (χ4n) is 2.24. The average molecular weight is 267 g/mol. The van der Waals surface area contributed by atoms with Crippen LogP contribution >= 0.6 is 0 Å². The Morgan fingerprint density at radius 1 is 1.37 bits per heavy atom. The maximum absolute atomic E-state index is 13.7. The number of allylic oxidation sites excluding steroid dienone is 3. The highest BCUT2D eigenvalue weighted by Gasteiger charge is 2.29. The molecule has 106 valence electrons. The number of carbonyl (C=O) groups is 1. The molecule has 0 atom stereocenters. The maximum Gasteiger partial charge on any atom is 0.172 e. The number of piperidine rings is 1. The Bertz CT molecular complexity index is 406. The van der Waals surface area contributed by atoms with E-state index in [1.54, 1.807) is 0 Å². The SMILES string of the molecule is C=C(CC)/C(OC)=C(\C(=C)F)C(=O)C1CCNCC1. The summed E-state index contributed by atoms with van der Waals surface area (Å²) < 4.78 is 18.9. The van der Waals surface area contributed by atoms with Gasteiger partial charge in [0.15, 0.2) is 5.78 Å². The van der Waals surface area contributed by atoms with Crippen LogP contribution in [0.2, 0.25) is 0 Å². The van der Waals surface area contributed by atoms with E-state index in [1.165, 1.54) is 7.11 Å². The number of ketones is 1. The minimum atomic E-state index is -0.741. The van der Waals surface area contributed by atoms with Gasteiger partial charge in [0.1, 0.15) is 11.6 Å². The maximum atomic E-state index is 13.7. The summed E-state index contributed by atoms with van der Waals surface area (Å²) in [5, 5.41) is 3.18. The lowest BCUT2D eigenvalue weighted by atomic mass is 9.87. The van der Waals surface area contributed by atoms with Crippen LogP contribution in [0.1, 0.15) is 26.2 Å². The summed E-state index contributed by atoms with van der Waals surface area (Å²) in [6.45, 7) is 10.5. The Balaban J connectivity index is 3.11. The monoisotopic (exact) mass is 267 g/mol. The molecule has 1 fully saturated rings. The lowest BCUT2D eigenvalue weighted by Crippen LogP contribution is -2.33. The van der Waals surface area contributed by atoms with E-state index in [2.05, 4.69) is 18.5 Å². The van der Waals surface area contributed by atoms with Crippen LogP contribution < -0.4 is 5.32 Å². The summed E-state index contributed by atoms with van der Waals surface area (Å²) in [7, 11) is 1.43. The van der Waals surface area contributed by atoms with E-state index in [0.29, 0.717) is 24.8 Å². The van der Waals surface area contributed by atoms with E-state index in [4.69, 9.17) is 4.74 Å². The van der Waals surface area contributed by atoms with Gasteiger partial charge in [-0.15, -0.1) is 0 Å². The van der Waals surface area contributed by atoms with Gasteiger partial charge in [-0.25, -0.2) is 4.39 Å². The number of carbonyl (C=O) groups excluding carboxylic acids is 1. The fourth-order valence-corrected chi connectivity index (χ4v) is 2.24. The predicted molar refractivity (Wildman–Crippen MR) is 74.3 cm³/mol. The summed E-state index contributed by atoms with van der Waals surface area (Å²) in [5.41, 5.74) is 0.569. The van der Waals surface area contributed by atoms with Crippen molar-refractivity contribution < 1.29 is 13.9 Å². The Labute approximate surface area is 114 Å². The highest BCUT2D eigenvalue weighted by Crippen LogP contribution is 2.28. The Morgan fingerprint density at radius 2 is 1.95 bits per heavy atom. The molecular formula is C15H22FNO2. The predicted octanol–water partition coefficient (Wildman–Crippen LogP) is 2.91. The molecule has 1 aliphatic heterocycles. The molecule has 0 bridgehead atoms. The number of rotatable bonds is 6. The quantitative estimate of drug-likeness (QED) is 0.457. The molecule has 0 saturated carbocycles. The number of hydrogen-bond acceptors (Lipinski definition) is 3. The second-order valence-electron chi connectivity index (χ2n) is 4.66. The van der Waals surface area contributed by atoms with Gasteiger partial charge in [0.25, 0.3) is 0 Å². The summed E-state index contributed by atoms with van der Waals surface area (Å²) in [6.07, 6.45) is 2.02. The van der Waals surface area contributed by atoms with Gasteiger partial charge in [0, 0.05) is 5.92 Å². The molecule has 3 nitrogen and oxygen atoms in total. The summed E-state index contributed by atoms with van der Waals surface area (Å²) in [5.74, 6) is -0.896. The van der Waals surface area contributed by atoms with Crippen molar-refractivity contribution in [1.82, 2.24) is 5.32 Å². The number of halogens is 1. The molecule has 19 heavy (non-hydrogen) atoms. The van der Waals surface area contributed by atoms with Crippen LogP contribution in [-0.2, 0) is 9.53 Å². The van der Waals surface area contributed by atoms with Crippen LogP contribution in [0.5, 0.6) is 0 Å². The number of Topliss-reactive ketones (excluding diaryl/α,β-unsaturated/α-hetero) is 1. The van der Waals surface area contributed by atoms with Gasteiger partial charge in [-0.2, -0.15) is 0 Å². The second-order valence-corrected chi connectivity index (χ2v) is 4.66. The van der Waals surface area contributed by atoms with Crippen LogP contribution in [0.4, 0.5) is 4.39 Å². The smallest absolute Gasteiger partial charge is 0.172 e. The normalized spacial score (nSPS) is 17.6. The third-order valence-electron chi connectivity index (χ3n) is 3.41. The van der Waals surface area contributed by atoms with Crippen molar-refractivity contribution in [3.05, 3.63) is 35.9 Å². The first-order valence-electron chi connectivity index (χ1n) is 6.59. The Morgan fingerprint density at radius 3 is 2.37 bits per heavy atom. The first-order chi connectivity index (χ1) is 9.02. The van der Waals surface area contributed by atoms with Crippen molar-refractivity contribution in [1.29, 1.82) is 0 Å². The Kier molecular flexibility index (Phi) is 5.96. The van der Waals surface area contributed by atoms with E-state index >= 15 is 0 Å². The molecule has 0 aromatic carbocycles. The second kappa shape index (κ2) is 7.24. The highest BCUT2D eigenvalue weighted by atomic mass is 19.1. The van der Waals surface area contributed by atoms with E-state index in [1.807, 2.05) is 6.92 Å². The lowest BCUT2D eigenvalue weighted by Gasteiger charge is -2.23. The van der Waals surface area contributed by atoms with Gasteiger partial charge >= 0.3 is 0 Å². The van der Waals surface area contributed by atoms with Crippen molar-refractivity contribution in [2.75, 3.05) is 20.2 Å². The van der Waals surface area contributed by atoms with Crippen LogP contribution in [0.3, 0.4) is 0 Å². The van der Waals surface area contributed by atoms with Crippen molar-refractivity contribution >= 4 is 5.78 Å². The molecule has 0 aromatic rings. The van der Waals surface area contributed by atoms with Crippen LogP contribution in [-0.4, -0.2) is 26.0 Å². The van der Waals surface area contributed by atoms with Crippen molar-refractivity contribution in [3.63, 3.8) is 0 Å². The fraction of sp³-hybridized carbons (Fsp3) is 0.533. The standard InChI is InChI=1S/C15H22FNO2/c1-5-10(2)15(19-4)13(11(3)16)14(18)12-6-8-17-9-7-12/h12,17H,2-3,5-9H2,1,4H3/b15-13-. The molecule has 0 aliphatic carbocycles. The minimum absolute atomic E-state index is 0.0405. The molecule has 1 rings (SSSR count). The largest absolute Gasteiger partial charge is 0.496 e. The number of ether oxygens (including phenoxy) is 1. The van der Waals surface area contributed by atoms with Gasteiger partial charge in [-0.3, -0.25) is 4.79 Å². The molecule has 0 aromatic heterocycles. The first-order valence-corrected chi connectivity index (χ1v) is 6.59. The van der Waals surface area contributed by atoms with E-state index in [9.17, 15) is 9.18 Å². The van der Waals surface area contributed by atoms with Crippen LogP contribution in [0.15, 0.2) is 35.9 Å². The van der Waals surface area contributed by atoms with Gasteiger partial charge in [-0.05, 0) is 37.9 Å². The molecule has 0 radical (unpaired) electrons. The molecule has 1 N–H and O–H groups in total. The van der Waals surface area contributed by atoms with Gasteiger partial charge in [0.2, 0.25) is 0 Å². The molecule has 1 aliphatic rings. The summed E-state index contributed by atoms with van der Waals surface area (Å²) in [4.78, 5) is 12.5. The Hall–Kier alpha value is -1.42. The highest BCUT2D eigenvalue weighted by molar-refractivity contribution is 6.01. The molecule has 4 heteroatoms.